The standard InChI is InChI=1S/C20H21F3N4O3/c1-13-9-10-26(11-13)19(29)27(17-4-2-3-16(24-17)20(21,22)23)12-14-5-7-15(8-6-14)18(28)25-30/h2-8,13,30H,9-12H2,1H3,(H,25,28)/t13-/m0/s1. The van der Waals surface area contributed by atoms with Crippen LogP contribution in [0.4, 0.5) is 23.8 Å². The summed E-state index contributed by atoms with van der Waals surface area (Å²) in [6, 6.07) is 9.01. The normalized spacial score (nSPS) is 16.4. The number of benzene rings is 1. The highest BCUT2D eigenvalue weighted by atomic mass is 19.4. The molecule has 0 radical (unpaired) electrons. The smallest absolute Gasteiger partial charge is 0.324 e. The fourth-order valence-electron chi connectivity index (χ4n) is 3.27. The molecule has 1 fully saturated rings. The molecule has 2 heterocycles. The van der Waals surface area contributed by atoms with Crippen LogP contribution in [0.5, 0.6) is 0 Å². The van der Waals surface area contributed by atoms with Crippen molar-refractivity contribution in [2.24, 2.45) is 5.92 Å². The van der Waals surface area contributed by atoms with Gasteiger partial charge in [-0.25, -0.2) is 15.3 Å². The number of urea groups is 1. The number of likely N-dealkylation sites (tertiary alicyclic amines) is 1. The number of pyridine rings is 1. The molecule has 2 N–H and O–H groups in total. The van der Waals surface area contributed by atoms with Crippen molar-refractivity contribution in [3.8, 4) is 0 Å². The van der Waals surface area contributed by atoms with E-state index in [-0.39, 0.29) is 17.9 Å². The van der Waals surface area contributed by atoms with E-state index < -0.39 is 23.8 Å². The summed E-state index contributed by atoms with van der Waals surface area (Å²) >= 11 is 0. The maximum Gasteiger partial charge on any atom is 0.433 e. The molecule has 1 aliphatic heterocycles. The van der Waals surface area contributed by atoms with E-state index in [2.05, 4.69) is 4.98 Å². The third-order valence-corrected chi connectivity index (χ3v) is 4.89. The Morgan fingerprint density at radius 1 is 1.23 bits per heavy atom. The summed E-state index contributed by atoms with van der Waals surface area (Å²) in [6.45, 7) is 3.01. The maximum absolute atomic E-state index is 13.1. The SMILES string of the molecule is C[C@H]1CCN(C(=O)N(Cc2ccc(C(=O)NO)cc2)c2cccc(C(F)(F)F)n2)C1. The van der Waals surface area contributed by atoms with Gasteiger partial charge in [0.15, 0.2) is 0 Å². The topological polar surface area (TPSA) is 85.8 Å². The Kier molecular flexibility index (Phi) is 6.25. The zero-order chi connectivity index (χ0) is 21.9. The van der Waals surface area contributed by atoms with Crippen LogP contribution in [-0.2, 0) is 12.7 Å². The third kappa shape index (κ3) is 4.88. The fraction of sp³-hybridized carbons (Fsp3) is 0.350. The average Bonchev–Trinajstić information content (AvgIpc) is 3.17. The van der Waals surface area contributed by atoms with Gasteiger partial charge >= 0.3 is 12.2 Å². The number of nitrogens with zero attached hydrogens (tertiary/aromatic N) is 3. The predicted octanol–water partition coefficient (Wildman–Crippen LogP) is 3.69. The number of rotatable bonds is 4. The number of hydrogen-bond donors (Lipinski definition) is 2. The first-order valence-electron chi connectivity index (χ1n) is 9.33. The molecule has 160 valence electrons. The van der Waals surface area contributed by atoms with Crippen molar-refractivity contribution in [1.29, 1.82) is 0 Å². The number of aromatic nitrogens is 1. The van der Waals surface area contributed by atoms with Gasteiger partial charge < -0.3 is 4.90 Å². The van der Waals surface area contributed by atoms with Crippen LogP contribution < -0.4 is 10.4 Å². The van der Waals surface area contributed by atoms with E-state index in [1.54, 1.807) is 17.0 Å². The lowest BCUT2D eigenvalue weighted by molar-refractivity contribution is -0.141. The average molecular weight is 422 g/mol. The molecule has 2 aromatic rings. The van der Waals surface area contributed by atoms with Crippen LogP contribution in [0.15, 0.2) is 42.5 Å². The van der Waals surface area contributed by atoms with Gasteiger partial charge in [0.05, 0.1) is 6.54 Å². The molecule has 30 heavy (non-hydrogen) atoms. The molecule has 1 aromatic carbocycles. The van der Waals surface area contributed by atoms with Crippen LogP contribution in [0, 0.1) is 5.92 Å². The number of hydroxylamine groups is 1. The molecule has 3 amide bonds. The molecule has 1 saturated heterocycles. The number of carbonyl (C=O) groups is 2. The lowest BCUT2D eigenvalue weighted by Gasteiger charge is -2.28. The van der Waals surface area contributed by atoms with Gasteiger partial charge in [0.1, 0.15) is 11.5 Å². The lowest BCUT2D eigenvalue weighted by atomic mass is 10.1. The number of alkyl halides is 3. The zero-order valence-corrected chi connectivity index (χ0v) is 16.2. The van der Waals surface area contributed by atoms with Crippen molar-refractivity contribution in [3.05, 3.63) is 59.3 Å². The summed E-state index contributed by atoms with van der Waals surface area (Å²) in [6.07, 6.45) is -3.81. The Morgan fingerprint density at radius 3 is 2.50 bits per heavy atom. The third-order valence-electron chi connectivity index (χ3n) is 4.89. The second kappa shape index (κ2) is 8.70. The molecule has 0 saturated carbocycles. The summed E-state index contributed by atoms with van der Waals surface area (Å²) in [7, 11) is 0. The van der Waals surface area contributed by atoms with Crippen LogP contribution in [-0.4, -0.2) is 40.1 Å². The lowest BCUT2D eigenvalue weighted by Crippen LogP contribution is -2.42. The van der Waals surface area contributed by atoms with E-state index in [4.69, 9.17) is 5.21 Å². The molecule has 0 unspecified atom stereocenters. The van der Waals surface area contributed by atoms with Gasteiger partial charge in [0, 0.05) is 18.7 Å². The number of carbonyl (C=O) groups excluding carboxylic acids is 2. The summed E-state index contributed by atoms with van der Waals surface area (Å²) < 4.78 is 39.4. The predicted molar refractivity (Wildman–Crippen MR) is 102 cm³/mol. The molecule has 1 atom stereocenters. The number of amides is 3. The highest BCUT2D eigenvalue weighted by molar-refractivity contribution is 5.93. The Balaban J connectivity index is 1.92. The number of nitrogens with one attached hydrogen (secondary N) is 1. The van der Waals surface area contributed by atoms with Gasteiger partial charge in [-0.05, 0) is 42.2 Å². The number of anilines is 1. The van der Waals surface area contributed by atoms with E-state index in [0.717, 1.165) is 12.5 Å². The largest absolute Gasteiger partial charge is 0.433 e. The van der Waals surface area contributed by atoms with Crippen LogP contribution in [0.25, 0.3) is 0 Å². The molecule has 0 aliphatic carbocycles. The van der Waals surface area contributed by atoms with Crippen molar-refractivity contribution in [1.82, 2.24) is 15.4 Å². The molecule has 3 rings (SSSR count). The van der Waals surface area contributed by atoms with Gasteiger partial charge in [-0.2, -0.15) is 13.2 Å². The highest BCUT2D eigenvalue weighted by Gasteiger charge is 2.34. The second-order valence-corrected chi connectivity index (χ2v) is 7.23. The van der Waals surface area contributed by atoms with E-state index in [1.807, 2.05) is 6.92 Å². The first kappa shape index (κ1) is 21.6. The van der Waals surface area contributed by atoms with Crippen LogP contribution in [0.2, 0.25) is 0 Å². The number of halogens is 3. The molecule has 7 nitrogen and oxygen atoms in total. The minimum atomic E-state index is -4.63. The van der Waals surface area contributed by atoms with Crippen LogP contribution in [0.1, 0.15) is 35.0 Å². The molecule has 10 heteroatoms. The van der Waals surface area contributed by atoms with Gasteiger partial charge in [0.25, 0.3) is 5.91 Å². The van der Waals surface area contributed by atoms with Gasteiger partial charge in [-0.15, -0.1) is 0 Å². The minimum absolute atomic E-state index is 0.0287. The van der Waals surface area contributed by atoms with Gasteiger partial charge in [-0.3, -0.25) is 14.9 Å². The Bertz CT molecular complexity index is 918. The zero-order valence-electron chi connectivity index (χ0n) is 16.2. The molecule has 1 aromatic heterocycles. The molecule has 0 bridgehead atoms. The minimum Gasteiger partial charge on any atom is -0.324 e. The first-order valence-corrected chi connectivity index (χ1v) is 9.33. The van der Waals surface area contributed by atoms with E-state index in [9.17, 15) is 22.8 Å². The number of hydrogen-bond acceptors (Lipinski definition) is 4. The van der Waals surface area contributed by atoms with Crippen LogP contribution in [0.3, 0.4) is 0 Å². The summed E-state index contributed by atoms with van der Waals surface area (Å²) in [4.78, 5) is 31.0. The maximum atomic E-state index is 13.1. The van der Waals surface area contributed by atoms with E-state index >= 15 is 0 Å². The molecular formula is C20H21F3N4O3. The van der Waals surface area contributed by atoms with Crippen molar-refractivity contribution >= 4 is 17.8 Å². The Labute approximate surface area is 171 Å². The summed E-state index contributed by atoms with van der Waals surface area (Å²) in [5.41, 5.74) is 1.23. The van der Waals surface area contributed by atoms with Gasteiger partial charge in [0.2, 0.25) is 0 Å². The van der Waals surface area contributed by atoms with E-state index in [0.29, 0.717) is 24.6 Å². The Hall–Kier alpha value is -3.14. The molecule has 1 aliphatic rings. The van der Waals surface area contributed by atoms with Crippen molar-refractivity contribution in [2.75, 3.05) is 18.0 Å². The van der Waals surface area contributed by atoms with Crippen LogP contribution >= 0.6 is 0 Å². The highest BCUT2D eigenvalue weighted by Crippen LogP contribution is 2.30. The quantitative estimate of drug-likeness (QED) is 0.581. The van der Waals surface area contributed by atoms with Gasteiger partial charge in [-0.1, -0.05) is 25.1 Å². The van der Waals surface area contributed by atoms with E-state index in [1.165, 1.54) is 34.6 Å². The van der Waals surface area contributed by atoms with Crippen molar-refractivity contribution < 1.29 is 28.0 Å². The molecule has 0 spiro atoms. The monoisotopic (exact) mass is 422 g/mol. The van der Waals surface area contributed by atoms with Crippen molar-refractivity contribution in [3.63, 3.8) is 0 Å². The molecular weight excluding hydrogens is 401 g/mol. The summed E-state index contributed by atoms with van der Waals surface area (Å²) in [5, 5.41) is 8.70. The fourth-order valence-corrected chi connectivity index (χ4v) is 3.27. The Morgan fingerprint density at radius 2 is 1.93 bits per heavy atom. The second-order valence-electron chi connectivity index (χ2n) is 7.23. The summed E-state index contributed by atoms with van der Waals surface area (Å²) in [5.74, 6) is -0.492. The first-order chi connectivity index (χ1) is 14.2. The van der Waals surface area contributed by atoms with Crippen molar-refractivity contribution in [2.45, 2.75) is 26.1 Å².